The smallest absolute Gasteiger partial charge is 0.356 e. The average molecular weight is 652 g/mol. The number of anilines is 2. The van der Waals surface area contributed by atoms with Gasteiger partial charge in [0, 0.05) is 45.3 Å². The van der Waals surface area contributed by atoms with Crippen LogP contribution in [0.4, 0.5) is 29.6 Å². The number of aromatic nitrogens is 2. The number of primary sulfonamides is 1. The first-order valence-electron chi connectivity index (χ1n) is 14.6. The molecule has 2 saturated heterocycles. The number of carbonyl (C=O) groups is 2. The summed E-state index contributed by atoms with van der Waals surface area (Å²) in [6.45, 7) is 1.88. The molecule has 5 N–H and O–H groups in total. The number of nitrogens with one attached hydrogen (secondary N) is 3. The Morgan fingerprint density at radius 2 is 1.64 bits per heavy atom. The van der Waals surface area contributed by atoms with E-state index in [-0.39, 0.29) is 35.8 Å². The van der Waals surface area contributed by atoms with E-state index in [1.807, 2.05) is 18.2 Å². The Kier molecular flexibility index (Phi) is 11.0. The molecule has 2 aromatic rings. The van der Waals surface area contributed by atoms with Crippen LogP contribution >= 0.6 is 0 Å². The SMILES string of the molecule is N#Cc1ccc(CCNC(=O)[C@@H]2CCN2c2cc(N3CCC(CCNC(=O)NCCS(N)(=O)=O)CC3)nc(C(F)(F)F)n2)cc1. The molecular formula is C28H36F3N9O4S. The van der Waals surface area contributed by atoms with Gasteiger partial charge in [-0.25, -0.2) is 28.3 Å². The van der Waals surface area contributed by atoms with Crippen molar-refractivity contribution in [3.05, 3.63) is 47.3 Å². The summed E-state index contributed by atoms with van der Waals surface area (Å²) in [7, 11) is -3.67. The van der Waals surface area contributed by atoms with Gasteiger partial charge in [-0.05, 0) is 55.7 Å². The van der Waals surface area contributed by atoms with E-state index in [1.165, 1.54) is 6.07 Å². The van der Waals surface area contributed by atoms with Gasteiger partial charge >= 0.3 is 12.2 Å². The van der Waals surface area contributed by atoms with Crippen molar-refractivity contribution in [1.29, 1.82) is 5.26 Å². The number of alkyl halides is 3. The number of hydrogen-bond donors (Lipinski definition) is 4. The van der Waals surface area contributed by atoms with Crippen LogP contribution in [0.1, 0.15) is 42.6 Å². The minimum atomic E-state index is -4.77. The second-order valence-corrected chi connectivity index (χ2v) is 12.8. The number of nitriles is 1. The molecule has 17 heteroatoms. The molecule has 0 radical (unpaired) electrons. The largest absolute Gasteiger partial charge is 0.451 e. The fourth-order valence-electron chi connectivity index (χ4n) is 5.20. The highest BCUT2D eigenvalue weighted by Crippen LogP contribution is 2.34. The first-order valence-corrected chi connectivity index (χ1v) is 16.3. The maximum absolute atomic E-state index is 13.8. The third-order valence-corrected chi connectivity index (χ3v) is 8.59. The zero-order valence-corrected chi connectivity index (χ0v) is 25.3. The van der Waals surface area contributed by atoms with Gasteiger partial charge in [-0.1, -0.05) is 12.1 Å². The van der Waals surface area contributed by atoms with Gasteiger partial charge in [0.1, 0.15) is 17.7 Å². The minimum absolute atomic E-state index is 0.0468. The van der Waals surface area contributed by atoms with Crippen LogP contribution in [-0.2, 0) is 27.4 Å². The summed E-state index contributed by atoms with van der Waals surface area (Å²) in [5.41, 5.74) is 1.48. The number of sulfonamides is 1. The number of urea groups is 1. The lowest BCUT2D eigenvalue weighted by atomic mass is 9.93. The van der Waals surface area contributed by atoms with E-state index < -0.39 is 34.1 Å². The maximum Gasteiger partial charge on any atom is 0.451 e. The highest BCUT2D eigenvalue weighted by Gasteiger charge is 2.40. The first-order chi connectivity index (χ1) is 21.3. The highest BCUT2D eigenvalue weighted by molar-refractivity contribution is 7.89. The van der Waals surface area contributed by atoms with Crippen LogP contribution in [0.5, 0.6) is 0 Å². The second kappa shape index (κ2) is 14.7. The Hall–Kier alpha value is -4.17. The number of rotatable bonds is 12. The number of benzene rings is 1. The molecule has 3 amide bonds. The monoisotopic (exact) mass is 651 g/mol. The quantitative estimate of drug-likeness (QED) is 0.264. The number of nitrogens with zero attached hydrogens (tertiary/aromatic N) is 5. The van der Waals surface area contributed by atoms with Crippen molar-refractivity contribution in [1.82, 2.24) is 25.9 Å². The maximum atomic E-state index is 13.8. The fraction of sp³-hybridized carbons (Fsp3) is 0.536. The van der Waals surface area contributed by atoms with Gasteiger partial charge in [0.2, 0.25) is 21.8 Å². The molecule has 45 heavy (non-hydrogen) atoms. The predicted octanol–water partition coefficient (Wildman–Crippen LogP) is 1.50. The van der Waals surface area contributed by atoms with Gasteiger partial charge in [-0.3, -0.25) is 4.79 Å². The predicted molar refractivity (Wildman–Crippen MR) is 160 cm³/mol. The molecule has 2 fully saturated rings. The third-order valence-electron chi connectivity index (χ3n) is 7.81. The van der Waals surface area contributed by atoms with Crippen molar-refractivity contribution in [2.75, 3.05) is 54.8 Å². The van der Waals surface area contributed by atoms with Crippen molar-refractivity contribution in [3.63, 3.8) is 0 Å². The molecule has 2 aliphatic rings. The van der Waals surface area contributed by atoms with E-state index in [0.29, 0.717) is 70.4 Å². The normalized spacial score (nSPS) is 17.3. The molecule has 0 bridgehead atoms. The molecule has 0 spiro atoms. The first kappa shape index (κ1) is 33.7. The summed E-state index contributed by atoms with van der Waals surface area (Å²) in [6.07, 6.45) is -1.76. The van der Waals surface area contributed by atoms with E-state index >= 15 is 0 Å². The molecule has 1 atom stereocenters. The summed E-state index contributed by atoms with van der Waals surface area (Å²) in [5, 5.41) is 21.7. The van der Waals surface area contributed by atoms with Crippen molar-refractivity contribution >= 4 is 33.6 Å². The van der Waals surface area contributed by atoms with Crippen molar-refractivity contribution in [3.8, 4) is 6.07 Å². The number of carbonyl (C=O) groups excluding carboxylic acids is 2. The van der Waals surface area contributed by atoms with Crippen LogP contribution in [0.15, 0.2) is 30.3 Å². The van der Waals surface area contributed by atoms with Crippen LogP contribution in [0.2, 0.25) is 0 Å². The summed E-state index contributed by atoms with van der Waals surface area (Å²) >= 11 is 0. The Morgan fingerprint density at radius 1 is 0.978 bits per heavy atom. The van der Waals surface area contributed by atoms with Crippen LogP contribution in [0.3, 0.4) is 0 Å². The molecule has 244 valence electrons. The van der Waals surface area contributed by atoms with Crippen molar-refractivity contribution < 1.29 is 31.2 Å². The Bertz CT molecular complexity index is 1490. The van der Waals surface area contributed by atoms with Gasteiger partial charge in [0.25, 0.3) is 0 Å². The Morgan fingerprint density at radius 3 is 2.24 bits per heavy atom. The van der Waals surface area contributed by atoms with E-state index in [9.17, 15) is 31.2 Å². The molecule has 0 unspecified atom stereocenters. The minimum Gasteiger partial charge on any atom is -0.356 e. The van der Waals surface area contributed by atoms with Gasteiger partial charge in [0.05, 0.1) is 17.4 Å². The van der Waals surface area contributed by atoms with E-state index in [2.05, 4.69) is 25.9 Å². The van der Waals surface area contributed by atoms with Crippen LogP contribution < -0.4 is 30.9 Å². The third kappa shape index (κ3) is 9.91. The van der Waals surface area contributed by atoms with Crippen LogP contribution in [-0.4, -0.2) is 81.4 Å². The number of hydrogen-bond acceptors (Lipinski definition) is 9. The van der Waals surface area contributed by atoms with E-state index in [4.69, 9.17) is 10.4 Å². The van der Waals surface area contributed by atoms with Crippen molar-refractivity contribution in [2.45, 2.75) is 44.3 Å². The summed E-state index contributed by atoms with van der Waals surface area (Å²) in [4.78, 5) is 35.6. The average Bonchev–Trinajstić information content (AvgIpc) is 2.96. The highest BCUT2D eigenvalue weighted by atomic mass is 32.2. The molecule has 1 aromatic carbocycles. The van der Waals surface area contributed by atoms with Gasteiger partial charge in [-0.15, -0.1) is 0 Å². The molecule has 1 aromatic heterocycles. The molecule has 13 nitrogen and oxygen atoms in total. The number of halogens is 3. The molecule has 2 aliphatic heterocycles. The summed E-state index contributed by atoms with van der Waals surface area (Å²) in [5.74, 6) is -1.51. The Balaban J connectivity index is 1.30. The summed E-state index contributed by atoms with van der Waals surface area (Å²) in [6, 6.07) is 9.40. The van der Waals surface area contributed by atoms with Gasteiger partial charge in [0.15, 0.2) is 0 Å². The molecule has 0 aliphatic carbocycles. The Labute approximate surface area is 259 Å². The van der Waals surface area contributed by atoms with Gasteiger partial charge in [-0.2, -0.15) is 18.4 Å². The molecule has 4 rings (SSSR count). The zero-order valence-electron chi connectivity index (χ0n) is 24.5. The lowest BCUT2D eigenvalue weighted by Gasteiger charge is -2.41. The lowest BCUT2D eigenvalue weighted by molar-refractivity contribution is -0.144. The summed E-state index contributed by atoms with van der Waals surface area (Å²) < 4.78 is 63.3. The molecular weight excluding hydrogens is 615 g/mol. The lowest BCUT2D eigenvalue weighted by Crippen LogP contribution is -2.57. The molecule has 3 heterocycles. The number of nitrogens with two attached hydrogens (primary N) is 1. The second-order valence-electron chi connectivity index (χ2n) is 11.0. The zero-order chi connectivity index (χ0) is 32.6. The number of piperidine rings is 1. The van der Waals surface area contributed by atoms with Crippen LogP contribution in [0, 0.1) is 17.2 Å². The van der Waals surface area contributed by atoms with E-state index in [1.54, 1.807) is 21.9 Å². The molecule has 0 saturated carbocycles. The van der Waals surface area contributed by atoms with E-state index in [0.717, 1.165) is 5.56 Å². The number of amides is 3. The van der Waals surface area contributed by atoms with Gasteiger partial charge < -0.3 is 25.8 Å². The topological polar surface area (TPSA) is 186 Å². The van der Waals surface area contributed by atoms with Crippen LogP contribution in [0.25, 0.3) is 0 Å². The fourth-order valence-corrected chi connectivity index (χ4v) is 5.58. The van der Waals surface area contributed by atoms with Crippen molar-refractivity contribution in [2.24, 2.45) is 11.1 Å². The standard InChI is InChI=1S/C28H36F3N9O4S/c29-28(30,31)26-37-23(39-13-7-20(8-14-39)6-11-35-27(42)36-12-16-45(33,43)44)17-24(38-26)40-15-9-22(40)25(41)34-10-5-19-1-3-21(18-32)4-2-19/h1-4,17,20,22H,5-16H2,(H,34,41)(H2,33,43,44)(H2,35,36,42)/t22-/m0/s1.